The molecule has 152 valence electrons. The molecule has 0 unspecified atom stereocenters. The van der Waals surface area contributed by atoms with Gasteiger partial charge >= 0.3 is 0 Å². The Hall–Kier alpha value is -2.51. The maximum Gasteiger partial charge on any atom is 0.259 e. The summed E-state index contributed by atoms with van der Waals surface area (Å²) in [5, 5.41) is 5.38. The Morgan fingerprint density at radius 1 is 1.03 bits per heavy atom. The molecule has 9 heteroatoms. The van der Waals surface area contributed by atoms with E-state index in [1.54, 1.807) is 23.1 Å². The molecule has 0 aliphatic carbocycles. The van der Waals surface area contributed by atoms with Gasteiger partial charge in [0, 0.05) is 50.8 Å². The summed E-state index contributed by atoms with van der Waals surface area (Å²) in [4.78, 5) is 21.6. The summed E-state index contributed by atoms with van der Waals surface area (Å²) in [6.07, 6.45) is 3.24. The van der Waals surface area contributed by atoms with Gasteiger partial charge in [0.15, 0.2) is 0 Å². The van der Waals surface area contributed by atoms with Gasteiger partial charge in [-0.15, -0.1) is 0 Å². The molecule has 4 rings (SSSR count). The SMILES string of the molecule is Cc1ccc(C)n1-c1c(C(=O)N2CCN(c3ncc(Cl)cc3Cl)CC2)cnn1C. The number of carbonyl (C=O) groups excluding carboxylic acids is 1. The van der Waals surface area contributed by atoms with Crippen LogP contribution in [0.2, 0.25) is 10.0 Å². The zero-order chi connectivity index (χ0) is 20.7. The molecule has 1 aliphatic rings. The molecule has 0 radical (unpaired) electrons. The van der Waals surface area contributed by atoms with Crippen molar-refractivity contribution in [3.8, 4) is 5.82 Å². The van der Waals surface area contributed by atoms with Crippen LogP contribution in [0.25, 0.3) is 5.82 Å². The Balaban J connectivity index is 1.54. The fourth-order valence-corrected chi connectivity index (χ4v) is 4.28. The maximum atomic E-state index is 13.3. The first kappa shape index (κ1) is 19.8. The summed E-state index contributed by atoms with van der Waals surface area (Å²) in [6.45, 7) is 6.51. The van der Waals surface area contributed by atoms with E-state index in [0.29, 0.717) is 47.6 Å². The number of aryl methyl sites for hydroxylation is 3. The third-order valence-corrected chi connectivity index (χ3v) is 5.76. The maximum absolute atomic E-state index is 13.3. The number of rotatable bonds is 3. The quantitative estimate of drug-likeness (QED) is 0.635. The van der Waals surface area contributed by atoms with Crippen molar-refractivity contribution in [1.82, 2.24) is 24.2 Å². The molecule has 0 bridgehead atoms. The number of carbonyl (C=O) groups is 1. The lowest BCUT2D eigenvalue weighted by Crippen LogP contribution is -2.49. The summed E-state index contributed by atoms with van der Waals surface area (Å²) < 4.78 is 3.81. The highest BCUT2D eigenvalue weighted by molar-refractivity contribution is 6.36. The van der Waals surface area contributed by atoms with Gasteiger partial charge in [0.1, 0.15) is 17.2 Å². The average Bonchev–Trinajstić information content (AvgIpc) is 3.23. The molecule has 3 aromatic heterocycles. The van der Waals surface area contributed by atoms with Crippen molar-refractivity contribution >= 4 is 34.9 Å². The summed E-state index contributed by atoms with van der Waals surface area (Å²) in [7, 11) is 1.86. The van der Waals surface area contributed by atoms with Crippen molar-refractivity contribution in [2.24, 2.45) is 7.05 Å². The van der Waals surface area contributed by atoms with Gasteiger partial charge in [-0.2, -0.15) is 5.10 Å². The minimum Gasteiger partial charge on any atom is -0.352 e. The van der Waals surface area contributed by atoms with Crippen LogP contribution in [-0.4, -0.2) is 56.3 Å². The topological polar surface area (TPSA) is 59.2 Å². The van der Waals surface area contributed by atoms with E-state index < -0.39 is 0 Å². The smallest absolute Gasteiger partial charge is 0.259 e. The molecule has 3 aromatic rings. The second-order valence-electron chi connectivity index (χ2n) is 7.20. The van der Waals surface area contributed by atoms with Gasteiger partial charge in [-0.1, -0.05) is 23.2 Å². The van der Waals surface area contributed by atoms with Crippen molar-refractivity contribution in [2.45, 2.75) is 13.8 Å². The molecule has 1 amide bonds. The first-order valence-electron chi connectivity index (χ1n) is 9.39. The second-order valence-corrected chi connectivity index (χ2v) is 8.04. The fourth-order valence-electron chi connectivity index (χ4n) is 3.78. The number of hydrogen-bond donors (Lipinski definition) is 0. The lowest BCUT2D eigenvalue weighted by Gasteiger charge is -2.35. The van der Waals surface area contributed by atoms with E-state index in [-0.39, 0.29) is 5.91 Å². The van der Waals surface area contributed by atoms with Gasteiger partial charge in [0.25, 0.3) is 5.91 Å². The number of piperazine rings is 1. The molecule has 0 aromatic carbocycles. The van der Waals surface area contributed by atoms with Crippen LogP contribution in [0.15, 0.2) is 30.6 Å². The van der Waals surface area contributed by atoms with Gasteiger partial charge in [0.05, 0.1) is 16.2 Å². The van der Waals surface area contributed by atoms with E-state index in [1.165, 1.54) is 0 Å². The van der Waals surface area contributed by atoms with Gasteiger partial charge < -0.3 is 14.4 Å². The molecule has 1 fully saturated rings. The van der Waals surface area contributed by atoms with Gasteiger partial charge in [-0.3, -0.25) is 9.48 Å². The minimum atomic E-state index is -0.0181. The van der Waals surface area contributed by atoms with Crippen LogP contribution in [0.3, 0.4) is 0 Å². The van der Waals surface area contributed by atoms with Crippen molar-refractivity contribution in [2.75, 3.05) is 31.1 Å². The number of hydrogen-bond acceptors (Lipinski definition) is 4. The van der Waals surface area contributed by atoms with Crippen LogP contribution < -0.4 is 4.90 Å². The van der Waals surface area contributed by atoms with E-state index in [0.717, 1.165) is 17.2 Å². The molecule has 0 atom stereocenters. The van der Waals surface area contributed by atoms with Crippen LogP contribution in [0.4, 0.5) is 5.82 Å². The molecule has 1 aliphatic heterocycles. The largest absolute Gasteiger partial charge is 0.352 e. The van der Waals surface area contributed by atoms with Crippen LogP contribution in [0.5, 0.6) is 0 Å². The van der Waals surface area contributed by atoms with Crippen molar-refractivity contribution < 1.29 is 4.79 Å². The Bertz CT molecular complexity index is 1050. The number of aromatic nitrogens is 4. The number of anilines is 1. The van der Waals surface area contributed by atoms with E-state index in [4.69, 9.17) is 23.2 Å². The first-order valence-corrected chi connectivity index (χ1v) is 10.1. The number of halogens is 2. The van der Waals surface area contributed by atoms with Crippen LogP contribution >= 0.6 is 23.2 Å². The zero-order valence-corrected chi connectivity index (χ0v) is 18.1. The normalized spacial score (nSPS) is 14.5. The molecule has 0 saturated carbocycles. The highest BCUT2D eigenvalue weighted by atomic mass is 35.5. The monoisotopic (exact) mass is 432 g/mol. The Kier molecular flexibility index (Phi) is 5.27. The lowest BCUT2D eigenvalue weighted by atomic mass is 10.2. The molecular formula is C20H22Cl2N6O. The Morgan fingerprint density at radius 2 is 1.69 bits per heavy atom. The zero-order valence-electron chi connectivity index (χ0n) is 16.6. The van der Waals surface area contributed by atoms with E-state index in [2.05, 4.69) is 19.5 Å². The summed E-state index contributed by atoms with van der Waals surface area (Å²) >= 11 is 12.2. The predicted molar refractivity (Wildman–Crippen MR) is 114 cm³/mol. The third-order valence-electron chi connectivity index (χ3n) is 5.28. The van der Waals surface area contributed by atoms with Crippen LogP contribution in [0.1, 0.15) is 21.7 Å². The van der Waals surface area contributed by atoms with Crippen molar-refractivity contribution in [1.29, 1.82) is 0 Å². The highest BCUT2D eigenvalue weighted by Gasteiger charge is 2.28. The van der Waals surface area contributed by atoms with E-state index in [1.807, 2.05) is 37.9 Å². The van der Waals surface area contributed by atoms with Crippen molar-refractivity contribution in [3.05, 3.63) is 57.6 Å². The standard InChI is InChI=1S/C20H22Cl2N6O/c1-13-4-5-14(2)28(13)19-16(12-24-25(19)3)20(29)27-8-6-26(7-9-27)18-17(22)10-15(21)11-23-18/h4-5,10-12H,6-9H2,1-3H3. The third kappa shape index (κ3) is 3.60. The summed E-state index contributed by atoms with van der Waals surface area (Å²) in [5.74, 6) is 1.47. The molecule has 0 spiro atoms. The molecule has 7 nitrogen and oxygen atoms in total. The first-order chi connectivity index (χ1) is 13.9. The Labute approximate surface area is 179 Å². The molecule has 0 N–H and O–H groups in total. The van der Waals surface area contributed by atoms with Gasteiger partial charge in [-0.05, 0) is 32.0 Å². The van der Waals surface area contributed by atoms with Crippen molar-refractivity contribution in [3.63, 3.8) is 0 Å². The molecule has 1 saturated heterocycles. The van der Waals surface area contributed by atoms with Crippen LogP contribution in [0, 0.1) is 13.8 Å². The average molecular weight is 433 g/mol. The predicted octanol–water partition coefficient (Wildman–Crippen LogP) is 3.49. The summed E-state index contributed by atoms with van der Waals surface area (Å²) in [6, 6.07) is 5.77. The van der Waals surface area contributed by atoms with Gasteiger partial charge in [0.2, 0.25) is 0 Å². The minimum absolute atomic E-state index is 0.0181. The molecule has 4 heterocycles. The highest BCUT2D eigenvalue weighted by Crippen LogP contribution is 2.27. The lowest BCUT2D eigenvalue weighted by molar-refractivity contribution is 0.0746. The Morgan fingerprint density at radius 3 is 2.31 bits per heavy atom. The number of amides is 1. The number of nitrogens with zero attached hydrogens (tertiary/aromatic N) is 6. The van der Waals surface area contributed by atoms with E-state index in [9.17, 15) is 4.79 Å². The van der Waals surface area contributed by atoms with Gasteiger partial charge in [-0.25, -0.2) is 4.98 Å². The summed E-state index contributed by atoms with van der Waals surface area (Å²) in [5.41, 5.74) is 2.73. The molecular weight excluding hydrogens is 411 g/mol. The fraction of sp³-hybridized carbons (Fsp3) is 0.350. The molecule has 29 heavy (non-hydrogen) atoms. The number of pyridine rings is 1. The van der Waals surface area contributed by atoms with Crippen LogP contribution in [-0.2, 0) is 7.05 Å². The van der Waals surface area contributed by atoms with E-state index >= 15 is 0 Å². The second kappa shape index (κ2) is 7.72.